The van der Waals surface area contributed by atoms with Crippen LogP contribution in [0.4, 0.5) is 5.69 Å². The number of halogens is 2. The average molecular weight is 377 g/mol. The monoisotopic (exact) mass is 376 g/mol. The quantitative estimate of drug-likeness (QED) is 0.618. The van der Waals surface area contributed by atoms with Crippen LogP contribution in [0.25, 0.3) is 0 Å². The van der Waals surface area contributed by atoms with Crippen LogP contribution in [0.5, 0.6) is 0 Å². The number of thiazole rings is 1. The molecule has 128 valence electrons. The zero-order valence-electron chi connectivity index (χ0n) is 12.7. The van der Waals surface area contributed by atoms with Crippen LogP contribution in [-0.4, -0.2) is 30.5 Å². The van der Waals surface area contributed by atoms with Crippen LogP contribution in [-0.2, 0) is 6.42 Å². The lowest BCUT2D eigenvalue weighted by molar-refractivity contribution is 0.0949. The number of nitrogens with zero attached hydrogens (tertiary/aromatic N) is 1. The second-order valence-corrected chi connectivity index (χ2v) is 5.51. The molecule has 0 spiro atoms. The minimum atomic E-state index is -0.116. The number of aromatic nitrogens is 1. The number of para-hydroxylation sites is 1. The Morgan fingerprint density at radius 2 is 1.91 bits per heavy atom. The average Bonchev–Trinajstić information content (AvgIpc) is 2.97. The van der Waals surface area contributed by atoms with E-state index in [1.165, 1.54) is 11.3 Å². The van der Waals surface area contributed by atoms with E-state index in [0.717, 1.165) is 30.1 Å². The SMILES string of the molecule is Cl.Cl.NCCc1nc(C(=O)NCCCNc2ccccc2)cs1. The molecule has 4 N–H and O–H groups in total. The highest BCUT2D eigenvalue weighted by molar-refractivity contribution is 7.09. The smallest absolute Gasteiger partial charge is 0.270 e. The van der Waals surface area contributed by atoms with E-state index in [1.807, 2.05) is 30.3 Å². The fraction of sp³-hybridized carbons (Fsp3) is 0.333. The van der Waals surface area contributed by atoms with Crippen molar-refractivity contribution >= 4 is 47.7 Å². The van der Waals surface area contributed by atoms with Gasteiger partial charge in [0.05, 0.1) is 5.01 Å². The summed E-state index contributed by atoms with van der Waals surface area (Å²) in [6.07, 6.45) is 1.58. The molecular weight excluding hydrogens is 355 g/mol. The van der Waals surface area contributed by atoms with Gasteiger partial charge < -0.3 is 16.4 Å². The number of carbonyl (C=O) groups excluding carboxylic acids is 1. The van der Waals surface area contributed by atoms with E-state index < -0.39 is 0 Å². The molecule has 0 radical (unpaired) electrons. The van der Waals surface area contributed by atoms with Gasteiger partial charge >= 0.3 is 0 Å². The maximum absolute atomic E-state index is 11.9. The van der Waals surface area contributed by atoms with Gasteiger partial charge in [0.15, 0.2) is 0 Å². The summed E-state index contributed by atoms with van der Waals surface area (Å²) in [6.45, 7) is 2.00. The summed E-state index contributed by atoms with van der Waals surface area (Å²) in [7, 11) is 0. The highest BCUT2D eigenvalue weighted by Crippen LogP contribution is 2.09. The van der Waals surface area contributed by atoms with Gasteiger partial charge in [-0.3, -0.25) is 4.79 Å². The number of hydrogen-bond acceptors (Lipinski definition) is 5. The molecule has 0 saturated carbocycles. The molecular formula is C15H22Cl2N4OS. The van der Waals surface area contributed by atoms with E-state index in [4.69, 9.17) is 5.73 Å². The zero-order chi connectivity index (χ0) is 14.9. The molecule has 1 heterocycles. The van der Waals surface area contributed by atoms with E-state index in [-0.39, 0.29) is 30.7 Å². The summed E-state index contributed by atoms with van der Waals surface area (Å²) in [5.74, 6) is -0.116. The molecule has 5 nitrogen and oxygen atoms in total. The third-order valence-electron chi connectivity index (χ3n) is 2.88. The Bertz CT molecular complexity index is 566. The van der Waals surface area contributed by atoms with Gasteiger partial charge in [0.1, 0.15) is 5.69 Å². The molecule has 0 aliphatic rings. The van der Waals surface area contributed by atoms with Crippen LogP contribution < -0.4 is 16.4 Å². The first-order valence-electron chi connectivity index (χ1n) is 7.01. The number of hydrogen-bond donors (Lipinski definition) is 3. The van der Waals surface area contributed by atoms with E-state index >= 15 is 0 Å². The van der Waals surface area contributed by atoms with Crippen LogP contribution in [0, 0.1) is 0 Å². The highest BCUT2D eigenvalue weighted by Gasteiger charge is 2.09. The van der Waals surface area contributed by atoms with E-state index in [0.29, 0.717) is 18.8 Å². The van der Waals surface area contributed by atoms with Crippen molar-refractivity contribution in [2.75, 3.05) is 25.0 Å². The zero-order valence-corrected chi connectivity index (χ0v) is 15.1. The van der Waals surface area contributed by atoms with Crippen molar-refractivity contribution in [3.05, 3.63) is 46.4 Å². The van der Waals surface area contributed by atoms with Crippen molar-refractivity contribution in [1.82, 2.24) is 10.3 Å². The molecule has 1 amide bonds. The summed E-state index contributed by atoms with van der Waals surface area (Å²) in [5, 5.41) is 8.87. The Hall–Kier alpha value is -1.34. The summed E-state index contributed by atoms with van der Waals surface area (Å²) in [5.41, 5.74) is 7.04. The fourth-order valence-electron chi connectivity index (χ4n) is 1.82. The van der Waals surface area contributed by atoms with Crippen molar-refractivity contribution < 1.29 is 4.79 Å². The van der Waals surface area contributed by atoms with Gasteiger partial charge in [-0.1, -0.05) is 18.2 Å². The van der Waals surface area contributed by atoms with E-state index in [2.05, 4.69) is 15.6 Å². The van der Waals surface area contributed by atoms with Gasteiger partial charge in [-0.25, -0.2) is 4.98 Å². The van der Waals surface area contributed by atoms with Crippen molar-refractivity contribution in [2.24, 2.45) is 5.73 Å². The number of carbonyl (C=O) groups is 1. The Kier molecular flexibility index (Phi) is 11.4. The molecule has 1 aromatic heterocycles. The number of nitrogens with two attached hydrogens (primary N) is 1. The predicted octanol–water partition coefficient (Wildman–Crippen LogP) is 2.72. The van der Waals surface area contributed by atoms with Crippen molar-refractivity contribution in [1.29, 1.82) is 0 Å². The van der Waals surface area contributed by atoms with Crippen LogP contribution >= 0.6 is 36.2 Å². The summed E-state index contributed by atoms with van der Waals surface area (Å²) in [6, 6.07) is 10.0. The minimum absolute atomic E-state index is 0. The standard InChI is InChI=1S/C15H20N4OS.2ClH/c16-8-7-14-19-13(11-21-14)15(20)18-10-4-9-17-12-5-2-1-3-6-12;;/h1-3,5-6,11,17H,4,7-10,16H2,(H,18,20);2*1H. The van der Waals surface area contributed by atoms with Crippen LogP contribution in [0.2, 0.25) is 0 Å². The van der Waals surface area contributed by atoms with Crippen LogP contribution in [0.1, 0.15) is 21.9 Å². The van der Waals surface area contributed by atoms with Gasteiger partial charge in [0.2, 0.25) is 0 Å². The minimum Gasteiger partial charge on any atom is -0.385 e. The Labute approximate surface area is 152 Å². The number of rotatable bonds is 8. The molecule has 0 unspecified atom stereocenters. The largest absolute Gasteiger partial charge is 0.385 e. The molecule has 0 bridgehead atoms. The van der Waals surface area contributed by atoms with Crippen LogP contribution in [0.3, 0.4) is 0 Å². The Morgan fingerprint density at radius 1 is 1.17 bits per heavy atom. The molecule has 0 fully saturated rings. The number of anilines is 1. The summed E-state index contributed by atoms with van der Waals surface area (Å²) < 4.78 is 0. The Morgan fingerprint density at radius 3 is 2.61 bits per heavy atom. The topological polar surface area (TPSA) is 80.0 Å². The maximum atomic E-state index is 11.9. The molecule has 0 aliphatic heterocycles. The Balaban J connectivity index is 0.00000242. The number of amides is 1. The first kappa shape index (κ1) is 21.7. The van der Waals surface area contributed by atoms with Gasteiger partial charge in [0, 0.05) is 30.6 Å². The van der Waals surface area contributed by atoms with E-state index in [1.54, 1.807) is 5.38 Å². The molecule has 8 heteroatoms. The molecule has 0 aliphatic carbocycles. The fourth-order valence-corrected chi connectivity index (χ4v) is 2.62. The third-order valence-corrected chi connectivity index (χ3v) is 3.79. The number of nitrogens with one attached hydrogen (secondary N) is 2. The second kappa shape index (κ2) is 12.1. The van der Waals surface area contributed by atoms with Crippen molar-refractivity contribution in [3.63, 3.8) is 0 Å². The predicted molar refractivity (Wildman–Crippen MR) is 101 cm³/mol. The molecule has 2 aromatic rings. The highest BCUT2D eigenvalue weighted by atomic mass is 35.5. The third kappa shape index (κ3) is 7.65. The van der Waals surface area contributed by atoms with Crippen molar-refractivity contribution in [3.8, 4) is 0 Å². The lowest BCUT2D eigenvalue weighted by Gasteiger charge is -2.06. The molecule has 1 aromatic carbocycles. The summed E-state index contributed by atoms with van der Waals surface area (Å²) in [4.78, 5) is 16.1. The molecule has 2 rings (SSSR count). The molecule has 0 atom stereocenters. The molecule has 23 heavy (non-hydrogen) atoms. The van der Waals surface area contributed by atoms with Crippen molar-refractivity contribution in [2.45, 2.75) is 12.8 Å². The first-order chi connectivity index (χ1) is 10.3. The summed E-state index contributed by atoms with van der Waals surface area (Å²) >= 11 is 1.48. The van der Waals surface area contributed by atoms with Crippen LogP contribution in [0.15, 0.2) is 35.7 Å². The van der Waals surface area contributed by atoms with Gasteiger partial charge in [-0.2, -0.15) is 0 Å². The molecule has 0 saturated heterocycles. The lowest BCUT2D eigenvalue weighted by atomic mass is 10.3. The first-order valence-corrected chi connectivity index (χ1v) is 7.89. The lowest BCUT2D eigenvalue weighted by Crippen LogP contribution is -2.26. The second-order valence-electron chi connectivity index (χ2n) is 4.57. The van der Waals surface area contributed by atoms with Gasteiger partial charge in [-0.15, -0.1) is 36.2 Å². The maximum Gasteiger partial charge on any atom is 0.270 e. The normalized spacial score (nSPS) is 9.43. The van der Waals surface area contributed by atoms with E-state index in [9.17, 15) is 4.79 Å². The number of benzene rings is 1. The van der Waals surface area contributed by atoms with Gasteiger partial charge in [-0.05, 0) is 25.1 Å². The van der Waals surface area contributed by atoms with Gasteiger partial charge in [0.25, 0.3) is 5.91 Å².